The zero-order chi connectivity index (χ0) is 35.7. The first-order valence-corrected chi connectivity index (χ1v) is 17.6. The van der Waals surface area contributed by atoms with E-state index in [-0.39, 0.29) is 0 Å². The smallest absolute Gasteiger partial charge is 0.104 e. The van der Waals surface area contributed by atoms with E-state index in [0.717, 1.165) is 89.5 Å². The maximum absolute atomic E-state index is 9.33. The van der Waals surface area contributed by atoms with E-state index in [1.807, 2.05) is 91.0 Å². The molecule has 1 aliphatic carbocycles. The van der Waals surface area contributed by atoms with E-state index in [1.165, 1.54) is 0 Å². The fourth-order valence-electron chi connectivity index (χ4n) is 6.93. The van der Waals surface area contributed by atoms with Gasteiger partial charge < -0.3 is 0 Å². The number of para-hydroxylation sites is 1. The molecule has 4 aromatic carbocycles. The first-order chi connectivity index (χ1) is 26.1. The van der Waals surface area contributed by atoms with Crippen LogP contribution in [0.25, 0.3) is 78.8 Å². The molecule has 0 aliphatic heterocycles. The Labute approximate surface area is 312 Å². The van der Waals surface area contributed by atoms with Crippen LogP contribution in [0.3, 0.4) is 0 Å². The molecule has 0 amide bonds. The molecule has 1 aliphatic rings. The Morgan fingerprint density at radius 2 is 1.04 bits per heavy atom. The molecule has 4 heterocycles. The fraction of sp³-hybridized carbons (Fsp3) is 0. The molecule has 6 nitrogen and oxygen atoms in total. The number of rotatable bonds is 6. The van der Waals surface area contributed by atoms with E-state index < -0.39 is 0 Å². The second-order valence-electron chi connectivity index (χ2n) is 12.7. The molecule has 0 unspecified atom stereocenters. The molecule has 0 saturated carbocycles. The van der Waals surface area contributed by atoms with E-state index in [2.05, 4.69) is 93.9 Å². The minimum absolute atomic E-state index is 0.335. The van der Waals surface area contributed by atoms with Crippen molar-refractivity contribution in [1.29, 1.82) is 5.41 Å². The first-order valence-electron chi connectivity index (χ1n) is 17.2. The quantitative estimate of drug-likeness (QED) is 0.169. The van der Waals surface area contributed by atoms with Gasteiger partial charge in [0.2, 0.25) is 0 Å². The van der Waals surface area contributed by atoms with Gasteiger partial charge in [0, 0.05) is 40.0 Å². The summed E-state index contributed by atoms with van der Waals surface area (Å²) in [4.78, 5) is 19.2. The van der Waals surface area contributed by atoms with Gasteiger partial charge in [-0.2, -0.15) is 0 Å². The molecular formula is C46H30N6S. The summed E-state index contributed by atoms with van der Waals surface area (Å²) in [5.41, 5.74) is 14.5. The number of thiol groups is 1. The molecule has 8 aromatic rings. The lowest BCUT2D eigenvalue weighted by Gasteiger charge is -2.23. The third-order valence-electron chi connectivity index (χ3n) is 9.54. The van der Waals surface area contributed by atoms with Crippen molar-refractivity contribution >= 4 is 46.8 Å². The Bertz CT molecular complexity index is 2650. The number of aromatic nitrogens is 4. The predicted octanol–water partition coefficient (Wildman–Crippen LogP) is 11.0. The van der Waals surface area contributed by atoms with Crippen molar-refractivity contribution in [3.8, 4) is 56.3 Å². The first kappa shape index (κ1) is 32.1. The maximum atomic E-state index is 9.33. The average Bonchev–Trinajstić information content (AvgIpc) is 3.24. The summed E-state index contributed by atoms with van der Waals surface area (Å²) in [7, 11) is 0. The Kier molecular flexibility index (Phi) is 8.31. The highest BCUT2D eigenvalue weighted by Crippen LogP contribution is 2.39. The van der Waals surface area contributed by atoms with Gasteiger partial charge in [-0.15, -0.1) is 0 Å². The summed E-state index contributed by atoms with van der Waals surface area (Å²) >= 11 is 4.31. The molecule has 9 rings (SSSR count). The summed E-state index contributed by atoms with van der Waals surface area (Å²) in [5.74, 6) is 0. The minimum atomic E-state index is 0.335. The van der Waals surface area contributed by atoms with Crippen LogP contribution in [-0.2, 0) is 0 Å². The number of nitrogens with zero attached hydrogens (tertiary/aromatic N) is 5. The second kappa shape index (κ2) is 13.7. The zero-order valence-electron chi connectivity index (χ0n) is 28.3. The van der Waals surface area contributed by atoms with Gasteiger partial charge in [-0.05, 0) is 89.2 Å². The molecule has 0 saturated heterocycles. The van der Waals surface area contributed by atoms with Crippen LogP contribution in [0.5, 0.6) is 0 Å². The van der Waals surface area contributed by atoms with Crippen LogP contribution in [0, 0.1) is 5.41 Å². The van der Waals surface area contributed by atoms with Gasteiger partial charge in [0.15, 0.2) is 0 Å². The average molecular weight is 699 g/mol. The van der Waals surface area contributed by atoms with Crippen LogP contribution in [0.4, 0.5) is 0 Å². The van der Waals surface area contributed by atoms with Crippen molar-refractivity contribution < 1.29 is 0 Å². The number of hydrogen-bond acceptors (Lipinski definition) is 7. The van der Waals surface area contributed by atoms with Crippen LogP contribution in [0.2, 0.25) is 0 Å². The number of hydrogen-bond donors (Lipinski definition) is 2. The number of benzene rings is 4. The summed E-state index contributed by atoms with van der Waals surface area (Å²) in [5, 5.41) is 10.2. The van der Waals surface area contributed by atoms with Crippen LogP contribution >= 0.6 is 12.8 Å². The topological polar surface area (TPSA) is 87.8 Å². The van der Waals surface area contributed by atoms with Crippen LogP contribution < -0.4 is 0 Å². The molecule has 53 heavy (non-hydrogen) atoms. The Morgan fingerprint density at radius 3 is 1.62 bits per heavy atom. The van der Waals surface area contributed by atoms with Crippen LogP contribution in [0.1, 0.15) is 16.7 Å². The SMILES string of the molecule is N=C1/C(=N\S)C(c2ccccc2)=Cc2c(-c3ccc(-c4ccc(-c5cc(-c6ccccn6)nc(-c6ccccn6)c5)cc4)cc3)nc3ccccc3c21. The minimum Gasteiger partial charge on any atom is -0.298 e. The summed E-state index contributed by atoms with van der Waals surface area (Å²) in [6.07, 6.45) is 5.68. The molecule has 0 bridgehead atoms. The maximum Gasteiger partial charge on any atom is 0.104 e. The molecule has 250 valence electrons. The number of allylic oxidation sites excluding steroid dienone is 1. The number of nitrogens with one attached hydrogen (secondary N) is 1. The molecule has 0 atom stereocenters. The van der Waals surface area contributed by atoms with Gasteiger partial charge in [-0.3, -0.25) is 15.4 Å². The monoisotopic (exact) mass is 698 g/mol. The largest absolute Gasteiger partial charge is 0.298 e. The molecule has 0 radical (unpaired) electrons. The molecular weight excluding hydrogens is 669 g/mol. The lowest BCUT2D eigenvalue weighted by molar-refractivity contribution is 1.22. The number of fused-ring (bicyclic) bond motifs is 3. The van der Waals surface area contributed by atoms with E-state index in [1.54, 1.807) is 12.4 Å². The molecule has 1 N–H and O–H groups in total. The van der Waals surface area contributed by atoms with Crippen molar-refractivity contribution in [2.75, 3.05) is 0 Å². The fourth-order valence-corrected chi connectivity index (χ4v) is 7.14. The van der Waals surface area contributed by atoms with Crippen molar-refractivity contribution in [2.24, 2.45) is 4.40 Å². The highest BCUT2D eigenvalue weighted by Gasteiger charge is 2.28. The Morgan fingerprint density at radius 1 is 0.491 bits per heavy atom. The van der Waals surface area contributed by atoms with E-state index >= 15 is 0 Å². The van der Waals surface area contributed by atoms with Crippen molar-refractivity contribution in [3.63, 3.8) is 0 Å². The van der Waals surface area contributed by atoms with Crippen molar-refractivity contribution in [3.05, 3.63) is 181 Å². The third-order valence-corrected chi connectivity index (χ3v) is 9.74. The third kappa shape index (κ3) is 6.03. The lowest BCUT2D eigenvalue weighted by atomic mass is 9.82. The van der Waals surface area contributed by atoms with E-state index in [0.29, 0.717) is 11.4 Å². The van der Waals surface area contributed by atoms with E-state index in [9.17, 15) is 5.41 Å². The predicted molar refractivity (Wildman–Crippen MR) is 220 cm³/mol. The highest BCUT2D eigenvalue weighted by atomic mass is 32.1. The Balaban J connectivity index is 1.09. The van der Waals surface area contributed by atoms with Gasteiger partial charge in [0.1, 0.15) is 5.71 Å². The molecule has 0 fully saturated rings. The van der Waals surface area contributed by atoms with Gasteiger partial charge in [-0.1, -0.05) is 109 Å². The van der Waals surface area contributed by atoms with Gasteiger partial charge >= 0.3 is 0 Å². The summed E-state index contributed by atoms with van der Waals surface area (Å²) < 4.78 is 4.29. The summed E-state index contributed by atoms with van der Waals surface area (Å²) in [6.45, 7) is 0. The standard InChI is InChI=1S/C46H30N6S/c47-44-43-35-12-4-5-13-38(35)51-45(37(43)28-36(46(44)52-53)32-10-2-1-3-11-32)33-22-20-30(21-23-33)29-16-18-31(19-17-29)34-26-41(39-14-6-8-24-48-39)50-42(27-34)40-15-7-9-25-49-40/h1-28,47,53H/b47-44?,52-46-. The van der Waals surface area contributed by atoms with E-state index in [4.69, 9.17) is 9.97 Å². The van der Waals surface area contributed by atoms with Crippen molar-refractivity contribution in [1.82, 2.24) is 19.9 Å². The van der Waals surface area contributed by atoms with Gasteiger partial charge in [0.05, 0.1) is 39.7 Å². The lowest BCUT2D eigenvalue weighted by Crippen LogP contribution is -2.22. The highest BCUT2D eigenvalue weighted by molar-refractivity contribution is 7.79. The van der Waals surface area contributed by atoms with Gasteiger partial charge in [0.25, 0.3) is 0 Å². The van der Waals surface area contributed by atoms with Crippen LogP contribution in [0.15, 0.2) is 168 Å². The normalized spacial score (nSPS) is 13.2. The second-order valence-corrected chi connectivity index (χ2v) is 12.9. The van der Waals surface area contributed by atoms with Crippen molar-refractivity contribution in [2.45, 2.75) is 0 Å². The van der Waals surface area contributed by atoms with Crippen LogP contribution in [-0.4, -0.2) is 31.4 Å². The molecule has 4 aromatic heterocycles. The molecule has 0 spiro atoms. The Hall–Kier alpha value is -6.83. The summed E-state index contributed by atoms with van der Waals surface area (Å²) in [6, 6.07) is 51.0. The molecule has 7 heteroatoms. The number of pyridine rings is 4. The van der Waals surface area contributed by atoms with Gasteiger partial charge in [-0.25, -0.2) is 14.4 Å². The zero-order valence-corrected chi connectivity index (χ0v) is 29.2.